The molecule has 2 amide bonds. The highest BCUT2D eigenvalue weighted by Gasteiger charge is 2.23. The van der Waals surface area contributed by atoms with Crippen molar-refractivity contribution >= 4 is 56.4 Å². The van der Waals surface area contributed by atoms with Gasteiger partial charge in [-0.05, 0) is 55.8 Å². The number of amides is 2. The number of hydrogen-bond donors (Lipinski definition) is 2. The third kappa shape index (κ3) is 4.37. The summed E-state index contributed by atoms with van der Waals surface area (Å²) in [6.07, 6.45) is 1.41. The molecule has 1 heterocycles. The van der Waals surface area contributed by atoms with Crippen LogP contribution >= 0.6 is 27.5 Å². The lowest BCUT2D eigenvalue weighted by molar-refractivity contribution is -0.117. The fraction of sp³-hybridized carbons (Fsp3) is 0.263. The van der Waals surface area contributed by atoms with Crippen LogP contribution in [0.15, 0.2) is 46.9 Å². The Morgan fingerprint density at radius 1 is 1.19 bits per heavy atom. The van der Waals surface area contributed by atoms with Gasteiger partial charge in [0.25, 0.3) is 0 Å². The van der Waals surface area contributed by atoms with Crippen LogP contribution < -0.4 is 15.5 Å². The Morgan fingerprint density at radius 3 is 2.50 bits per heavy atom. The predicted octanol–water partition coefficient (Wildman–Crippen LogP) is 4.67. The van der Waals surface area contributed by atoms with Gasteiger partial charge in [0.1, 0.15) is 6.04 Å². The Morgan fingerprint density at radius 2 is 1.88 bits per heavy atom. The summed E-state index contributed by atoms with van der Waals surface area (Å²) in [5, 5.41) is 6.48. The topological polar surface area (TPSA) is 61.4 Å². The number of anilines is 3. The second-order valence-electron chi connectivity index (χ2n) is 6.18. The first-order chi connectivity index (χ1) is 12.4. The number of halogens is 2. The lowest BCUT2D eigenvalue weighted by atomic mass is 10.2. The summed E-state index contributed by atoms with van der Waals surface area (Å²) >= 11 is 9.71. The fourth-order valence-electron chi connectivity index (χ4n) is 2.82. The Bertz CT molecular complexity index is 826. The van der Waals surface area contributed by atoms with Gasteiger partial charge in [0.05, 0.1) is 10.7 Å². The number of nitrogens with one attached hydrogen (secondary N) is 2. The Kier molecular flexibility index (Phi) is 5.84. The normalized spacial score (nSPS) is 15.0. The quantitative estimate of drug-likeness (QED) is 0.716. The lowest BCUT2D eigenvalue weighted by Crippen LogP contribution is -2.31. The van der Waals surface area contributed by atoms with E-state index in [-0.39, 0.29) is 11.8 Å². The molecule has 0 aromatic heterocycles. The summed E-state index contributed by atoms with van der Waals surface area (Å²) < 4.78 is 0.952. The first-order valence-corrected chi connectivity index (χ1v) is 9.54. The molecular weight excluding hydrogens is 418 g/mol. The molecule has 1 unspecified atom stereocenters. The van der Waals surface area contributed by atoms with E-state index in [1.807, 2.05) is 36.4 Å². The van der Waals surface area contributed by atoms with Crippen molar-refractivity contribution in [3.05, 3.63) is 52.0 Å². The molecule has 5 nitrogen and oxygen atoms in total. The summed E-state index contributed by atoms with van der Waals surface area (Å²) in [7, 11) is 0. The number of nitrogens with zero attached hydrogens (tertiary/aromatic N) is 1. The van der Waals surface area contributed by atoms with E-state index in [0.717, 1.165) is 22.3 Å². The summed E-state index contributed by atoms with van der Waals surface area (Å²) in [6.45, 7) is 2.47. The van der Waals surface area contributed by atoms with Gasteiger partial charge < -0.3 is 15.5 Å². The predicted molar refractivity (Wildman–Crippen MR) is 109 cm³/mol. The molecule has 1 saturated heterocycles. The third-order valence-electron chi connectivity index (χ3n) is 4.20. The van der Waals surface area contributed by atoms with Crippen LogP contribution in [0.25, 0.3) is 0 Å². The first kappa shape index (κ1) is 18.7. The highest BCUT2D eigenvalue weighted by molar-refractivity contribution is 9.10. The van der Waals surface area contributed by atoms with E-state index < -0.39 is 6.04 Å². The minimum Gasteiger partial charge on any atom is -0.374 e. The molecule has 1 atom stereocenters. The van der Waals surface area contributed by atoms with Gasteiger partial charge in [0, 0.05) is 28.8 Å². The second-order valence-corrected chi connectivity index (χ2v) is 7.50. The zero-order chi connectivity index (χ0) is 18.7. The fourth-order valence-corrected chi connectivity index (χ4v) is 3.36. The van der Waals surface area contributed by atoms with Crippen LogP contribution in [0.3, 0.4) is 0 Å². The molecule has 2 aromatic rings. The van der Waals surface area contributed by atoms with Crippen LogP contribution in [0.2, 0.25) is 5.02 Å². The van der Waals surface area contributed by atoms with Crippen molar-refractivity contribution in [3.63, 3.8) is 0 Å². The zero-order valence-electron chi connectivity index (χ0n) is 14.3. The minimum atomic E-state index is -0.450. The summed E-state index contributed by atoms with van der Waals surface area (Å²) in [6, 6.07) is 12.3. The third-order valence-corrected chi connectivity index (χ3v) is 5.03. The van der Waals surface area contributed by atoms with Crippen molar-refractivity contribution in [2.45, 2.75) is 25.8 Å². The Labute approximate surface area is 165 Å². The van der Waals surface area contributed by atoms with E-state index >= 15 is 0 Å². The SMILES string of the molecule is CC(Nc1ccc(N2CCCC2=O)c(Cl)c1)C(=O)Nc1ccc(Br)cc1. The molecule has 0 radical (unpaired) electrons. The van der Waals surface area contributed by atoms with E-state index in [1.54, 1.807) is 17.9 Å². The van der Waals surface area contributed by atoms with Gasteiger partial charge in [-0.15, -0.1) is 0 Å². The molecule has 1 aliphatic heterocycles. The Balaban J connectivity index is 1.64. The molecule has 136 valence electrons. The number of carbonyl (C=O) groups excluding carboxylic acids is 2. The van der Waals surface area contributed by atoms with Crippen molar-refractivity contribution in [3.8, 4) is 0 Å². The monoisotopic (exact) mass is 435 g/mol. The van der Waals surface area contributed by atoms with Gasteiger partial charge in [0.15, 0.2) is 0 Å². The molecule has 0 aliphatic carbocycles. The lowest BCUT2D eigenvalue weighted by Gasteiger charge is -2.20. The number of benzene rings is 2. The molecule has 1 aliphatic rings. The molecule has 2 N–H and O–H groups in total. The van der Waals surface area contributed by atoms with Gasteiger partial charge in [-0.25, -0.2) is 0 Å². The molecule has 0 saturated carbocycles. The maximum atomic E-state index is 12.3. The number of carbonyl (C=O) groups is 2. The molecule has 3 rings (SSSR count). The smallest absolute Gasteiger partial charge is 0.246 e. The van der Waals surface area contributed by atoms with Gasteiger partial charge in [-0.3, -0.25) is 9.59 Å². The molecule has 26 heavy (non-hydrogen) atoms. The van der Waals surface area contributed by atoms with Crippen molar-refractivity contribution in [1.82, 2.24) is 0 Å². The molecule has 1 fully saturated rings. The van der Waals surface area contributed by atoms with Gasteiger partial charge in [-0.1, -0.05) is 27.5 Å². The van der Waals surface area contributed by atoms with Gasteiger partial charge >= 0.3 is 0 Å². The van der Waals surface area contributed by atoms with Crippen LogP contribution in [0.5, 0.6) is 0 Å². The summed E-state index contributed by atoms with van der Waals surface area (Å²) in [5.41, 5.74) is 2.17. The minimum absolute atomic E-state index is 0.0925. The van der Waals surface area contributed by atoms with E-state index in [2.05, 4.69) is 26.6 Å². The maximum absolute atomic E-state index is 12.3. The van der Waals surface area contributed by atoms with Crippen molar-refractivity contribution in [2.75, 3.05) is 22.1 Å². The van der Waals surface area contributed by atoms with Gasteiger partial charge in [0.2, 0.25) is 11.8 Å². The standard InChI is InChI=1S/C19H19BrClN3O2/c1-12(19(26)23-14-6-4-13(20)5-7-14)22-15-8-9-17(16(21)11-15)24-10-2-3-18(24)25/h4-9,11-12,22H,2-3,10H2,1H3,(H,23,26). The molecule has 7 heteroatoms. The number of hydrogen-bond acceptors (Lipinski definition) is 3. The van der Waals surface area contributed by atoms with Crippen LogP contribution in [-0.4, -0.2) is 24.4 Å². The Hall–Kier alpha value is -2.05. The van der Waals surface area contributed by atoms with Crippen molar-refractivity contribution in [2.24, 2.45) is 0 Å². The molecule has 0 bridgehead atoms. The molecule has 2 aromatic carbocycles. The van der Waals surface area contributed by atoms with E-state index in [0.29, 0.717) is 23.7 Å². The van der Waals surface area contributed by atoms with Crippen molar-refractivity contribution in [1.29, 1.82) is 0 Å². The van der Waals surface area contributed by atoms with Crippen LogP contribution in [0, 0.1) is 0 Å². The van der Waals surface area contributed by atoms with E-state index in [4.69, 9.17) is 11.6 Å². The van der Waals surface area contributed by atoms with E-state index in [1.165, 1.54) is 0 Å². The summed E-state index contributed by atoms with van der Waals surface area (Å²) in [4.78, 5) is 25.9. The van der Waals surface area contributed by atoms with E-state index in [9.17, 15) is 9.59 Å². The summed E-state index contributed by atoms with van der Waals surface area (Å²) in [5.74, 6) is -0.0582. The van der Waals surface area contributed by atoms with Crippen LogP contribution in [0.4, 0.5) is 17.1 Å². The highest BCUT2D eigenvalue weighted by Crippen LogP contribution is 2.31. The van der Waals surface area contributed by atoms with Gasteiger partial charge in [-0.2, -0.15) is 0 Å². The largest absolute Gasteiger partial charge is 0.374 e. The highest BCUT2D eigenvalue weighted by atomic mass is 79.9. The molecule has 0 spiro atoms. The second kappa shape index (κ2) is 8.10. The first-order valence-electron chi connectivity index (χ1n) is 8.37. The van der Waals surface area contributed by atoms with Crippen molar-refractivity contribution < 1.29 is 9.59 Å². The van der Waals surface area contributed by atoms with Crippen LogP contribution in [-0.2, 0) is 9.59 Å². The molecular formula is C19H19BrClN3O2. The van der Waals surface area contributed by atoms with Crippen LogP contribution in [0.1, 0.15) is 19.8 Å². The maximum Gasteiger partial charge on any atom is 0.246 e. The average molecular weight is 437 g/mol. The number of rotatable bonds is 5. The zero-order valence-corrected chi connectivity index (χ0v) is 16.6. The average Bonchev–Trinajstić information content (AvgIpc) is 3.03.